The normalized spacial score (nSPS) is 16.8. The molecule has 1 aliphatic rings. The fraction of sp³-hybridized carbons (Fsp3) is 0.320. The van der Waals surface area contributed by atoms with Crippen molar-refractivity contribution in [2.75, 3.05) is 11.9 Å². The van der Waals surface area contributed by atoms with Gasteiger partial charge in [0.25, 0.3) is 0 Å². The fourth-order valence-corrected chi connectivity index (χ4v) is 5.01. The fourth-order valence-electron chi connectivity index (χ4n) is 4.15. The van der Waals surface area contributed by atoms with Gasteiger partial charge in [0.2, 0.25) is 5.91 Å². The number of aromatic amines is 1. The van der Waals surface area contributed by atoms with E-state index in [4.69, 9.17) is 4.74 Å². The molecule has 1 amide bonds. The third kappa shape index (κ3) is 4.54. The summed E-state index contributed by atoms with van der Waals surface area (Å²) in [5, 5.41) is 13.6. The highest BCUT2D eigenvalue weighted by molar-refractivity contribution is 8.00. The molecule has 0 bridgehead atoms. The number of aromatic nitrogens is 4. The van der Waals surface area contributed by atoms with Crippen LogP contribution in [0.15, 0.2) is 59.9 Å². The Morgan fingerprint density at radius 1 is 1.24 bits per heavy atom. The van der Waals surface area contributed by atoms with Gasteiger partial charge in [0.05, 0.1) is 17.9 Å². The van der Waals surface area contributed by atoms with E-state index in [-0.39, 0.29) is 17.3 Å². The molecule has 2 atom stereocenters. The molecule has 170 valence electrons. The number of ether oxygens (including phenoxy) is 1. The summed E-state index contributed by atoms with van der Waals surface area (Å²) in [4.78, 5) is 16.2. The molecule has 2 aromatic heterocycles. The molecule has 2 unspecified atom stereocenters. The Hall–Kier alpha value is -3.10. The summed E-state index contributed by atoms with van der Waals surface area (Å²) in [6.07, 6.45) is 4.18. The van der Waals surface area contributed by atoms with Gasteiger partial charge in [-0.15, -0.1) is 10.2 Å². The maximum atomic E-state index is 12.9. The number of carbonyl (C=O) groups excluding carboxylic acids is 1. The van der Waals surface area contributed by atoms with Crippen molar-refractivity contribution in [3.63, 3.8) is 0 Å². The summed E-state index contributed by atoms with van der Waals surface area (Å²) in [5.41, 5.74) is 3.92. The number of rotatable bonds is 7. The van der Waals surface area contributed by atoms with Gasteiger partial charge in [0, 0.05) is 35.0 Å². The molecular formula is C25H27N5O2S. The number of benzene rings is 2. The number of hydrogen-bond donors (Lipinski definition) is 2. The van der Waals surface area contributed by atoms with E-state index in [1.54, 1.807) is 0 Å². The van der Waals surface area contributed by atoms with Crippen LogP contribution in [0.5, 0.6) is 0 Å². The lowest BCUT2D eigenvalue weighted by atomic mass is 10.1. The highest BCUT2D eigenvalue weighted by Gasteiger charge is 2.25. The van der Waals surface area contributed by atoms with Crippen LogP contribution in [0.1, 0.15) is 25.3 Å². The van der Waals surface area contributed by atoms with Gasteiger partial charge in [-0.25, -0.2) is 0 Å². The average molecular weight is 462 g/mol. The van der Waals surface area contributed by atoms with Gasteiger partial charge in [0.15, 0.2) is 11.0 Å². The van der Waals surface area contributed by atoms with Crippen molar-refractivity contribution < 1.29 is 9.53 Å². The van der Waals surface area contributed by atoms with Gasteiger partial charge in [-0.05, 0) is 44.4 Å². The molecule has 1 saturated heterocycles. The van der Waals surface area contributed by atoms with Crippen LogP contribution >= 0.6 is 11.8 Å². The molecular weight excluding hydrogens is 434 g/mol. The van der Waals surface area contributed by atoms with E-state index >= 15 is 0 Å². The number of H-pyrrole nitrogens is 1. The maximum Gasteiger partial charge on any atom is 0.237 e. The van der Waals surface area contributed by atoms with Crippen LogP contribution in [-0.4, -0.2) is 43.6 Å². The predicted octanol–water partition coefficient (Wildman–Crippen LogP) is 5.03. The molecule has 0 spiro atoms. The molecule has 5 rings (SSSR count). The molecule has 2 N–H and O–H groups in total. The average Bonchev–Trinajstić information content (AvgIpc) is 3.56. The van der Waals surface area contributed by atoms with E-state index in [2.05, 4.69) is 31.1 Å². The van der Waals surface area contributed by atoms with E-state index in [9.17, 15) is 4.79 Å². The molecule has 0 saturated carbocycles. The molecule has 33 heavy (non-hydrogen) atoms. The molecule has 3 heterocycles. The Morgan fingerprint density at radius 2 is 2.06 bits per heavy atom. The van der Waals surface area contributed by atoms with Gasteiger partial charge < -0.3 is 15.0 Å². The first kappa shape index (κ1) is 21.7. The molecule has 2 aromatic carbocycles. The number of nitrogens with one attached hydrogen (secondary N) is 2. The Bertz CT molecular complexity index is 1270. The van der Waals surface area contributed by atoms with Crippen LogP contribution in [-0.2, 0) is 16.1 Å². The topological polar surface area (TPSA) is 84.8 Å². The van der Waals surface area contributed by atoms with Gasteiger partial charge in [-0.1, -0.05) is 48.2 Å². The summed E-state index contributed by atoms with van der Waals surface area (Å²) in [6, 6.07) is 15.9. The van der Waals surface area contributed by atoms with Crippen molar-refractivity contribution in [3.8, 4) is 11.4 Å². The first-order chi connectivity index (χ1) is 16.1. The van der Waals surface area contributed by atoms with E-state index < -0.39 is 0 Å². The van der Waals surface area contributed by atoms with Crippen molar-refractivity contribution in [1.82, 2.24) is 19.7 Å². The lowest BCUT2D eigenvalue weighted by Gasteiger charge is -2.17. The van der Waals surface area contributed by atoms with E-state index in [0.29, 0.717) is 6.54 Å². The highest BCUT2D eigenvalue weighted by Crippen LogP contribution is 2.32. The van der Waals surface area contributed by atoms with Crippen molar-refractivity contribution in [3.05, 3.63) is 60.3 Å². The Morgan fingerprint density at radius 3 is 2.88 bits per heavy atom. The molecule has 8 heteroatoms. The molecule has 0 aliphatic carbocycles. The van der Waals surface area contributed by atoms with Crippen LogP contribution in [0.25, 0.3) is 22.3 Å². The van der Waals surface area contributed by atoms with E-state index in [0.717, 1.165) is 58.1 Å². The van der Waals surface area contributed by atoms with Crippen LogP contribution in [0.2, 0.25) is 0 Å². The minimum Gasteiger partial charge on any atom is -0.376 e. The standard InChI is InChI=1S/C25H27N5O2S/c1-16-8-3-5-11-21(16)27-24(31)17(2)33-25-29-28-23(30(25)15-18-9-7-13-32-18)20-14-26-22-12-6-4-10-19(20)22/h3-6,8,10-12,14,17-18,26H,7,9,13,15H2,1-2H3,(H,27,31). The van der Waals surface area contributed by atoms with Crippen molar-refractivity contribution in [2.45, 2.75) is 49.7 Å². The van der Waals surface area contributed by atoms with Crippen molar-refractivity contribution in [2.24, 2.45) is 0 Å². The lowest BCUT2D eigenvalue weighted by Crippen LogP contribution is -2.24. The SMILES string of the molecule is Cc1ccccc1NC(=O)C(C)Sc1nnc(-c2c[nH]c3ccccc23)n1CC1CCCO1. The molecule has 7 nitrogen and oxygen atoms in total. The highest BCUT2D eigenvalue weighted by atomic mass is 32.2. The number of thioether (sulfide) groups is 1. The van der Waals surface area contributed by atoms with Gasteiger partial charge in [-0.2, -0.15) is 0 Å². The molecule has 1 fully saturated rings. The van der Waals surface area contributed by atoms with Crippen molar-refractivity contribution >= 4 is 34.3 Å². The van der Waals surface area contributed by atoms with Crippen molar-refractivity contribution in [1.29, 1.82) is 0 Å². The van der Waals surface area contributed by atoms with Crippen LogP contribution < -0.4 is 5.32 Å². The van der Waals surface area contributed by atoms with Gasteiger partial charge >= 0.3 is 0 Å². The smallest absolute Gasteiger partial charge is 0.237 e. The summed E-state index contributed by atoms with van der Waals surface area (Å²) >= 11 is 1.42. The second-order valence-electron chi connectivity index (χ2n) is 8.36. The first-order valence-electron chi connectivity index (χ1n) is 11.2. The Kier molecular flexibility index (Phi) is 6.20. The maximum absolute atomic E-state index is 12.9. The number of para-hydroxylation sites is 2. The number of carbonyl (C=O) groups is 1. The molecule has 1 aliphatic heterocycles. The summed E-state index contributed by atoms with van der Waals surface area (Å²) in [6.45, 7) is 5.33. The molecule has 4 aromatic rings. The third-order valence-electron chi connectivity index (χ3n) is 6.01. The number of anilines is 1. The van der Waals surface area contributed by atoms with E-state index in [1.807, 2.05) is 62.5 Å². The first-order valence-corrected chi connectivity index (χ1v) is 12.1. The lowest BCUT2D eigenvalue weighted by molar-refractivity contribution is -0.115. The minimum absolute atomic E-state index is 0.0605. The largest absolute Gasteiger partial charge is 0.376 e. The quantitative estimate of drug-likeness (QED) is 0.377. The number of aryl methyl sites for hydroxylation is 1. The van der Waals surface area contributed by atoms with Crippen LogP contribution in [0.3, 0.4) is 0 Å². The third-order valence-corrected chi connectivity index (χ3v) is 7.09. The summed E-state index contributed by atoms with van der Waals surface area (Å²) < 4.78 is 8.02. The van der Waals surface area contributed by atoms with E-state index in [1.165, 1.54) is 11.8 Å². The zero-order valence-corrected chi connectivity index (χ0v) is 19.6. The summed E-state index contributed by atoms with van der Waals surface area (Å²) in [7, 11) is 0. The number of nitrogens with zero attached hydrogens (tertiary/aromatic N) is 3. The minimum atomic E-state index is -0.340. The van der Waals surface area contributed by atoms with Crippen LogP contribution in [0.4, 0.5) is 5.69 Å². The predicted molar refractivity (Wildman–Crippen MR) is 131 cm³/mol. The Balaban J connectivity index is 1.43. The summed E-state index contributed by atoms with van der Waals surface area (Å²) in [5.74, 6) is 0.728. The van der Waals surface area contributed by atoms with Crippen LogP contribution in [0, 0.1) is 6.92 Å². The number of fused-ring (bicyclic) bond motifs is 1. The second kappa shape index (κ2) is 9.41. The number of amides is 1. The zero-order chi connectivity index (χ0) is 22.8. The monoisotopic (exact) mass is 461 g/mol. The van der Waals surface area contributed by atoms with Gasteiger partial charge in [0.1, 0.15) is 0 Å². The Labute approximate surface area is 196 Å². The molecule has 0 radical (unpaired) electrons. The van der Waals surface area contributed by atoms with Gasteiger partial charge in [-0.3, -0.25) is 9.36 Å². The zero-order valence-electron chi connectivity index (χ0n) is 18.7. The second-order valence-corrected chi connectivity index (χ2v) is 9.67. The number of hydrogen-bond acceptors (Lipinski definition) is 5.